The van der Waals surface area contributed by atoms with Crippen LogP contribution < -0.4 is 5.32 Å². The molecule has 1 fully saturated rings. The molecule has 0 heterocycles. The smallest absolute Gasteiger partial charge is 0.338 e. The number of hydroxylamine groups is 1. The summed E-state index contributed by atoms with van der Waals surface area (Å²) in [7, 11) is -1.42. The first kappa shape index (κ1) is 23.3. The van der Waals surface area contributed by atoms with Crippen molar-refractivity contribution in [3.05, 3.63) is 29.8 Å². The molecule has 1 N–H and O–H groups in total. The van der Waals surface area contributed by atoms with Crippen molar-refractivity contribution >= 4 is 21.9 Å². The number of hydrogen-bond donors (Lipinski definition) is 1. The number of esters is 1. The molecule has 0 radical (unpaired) electrons. The summed E-state index contributed by atoms with van der Waals surface area (Å²) in [4.78, 5) is 29.5. The van der Waals surface area contributed by atoms with Gasteiger partial charge in [-0.25, -0.2) is 13.2 Å². The number of rotatable bonds is 7. The van der Waals surface area contributed by atoms with E-state index < -0.39 is 22.1 Å². The molecule has 0 spiro atoms. The van der Waals surface area contributed by atoms with Gasteiger partial charge in [0.05, 0.1) is 17.6 Å². The van der Waals surface area contributed by atoms with Crippen LogP contribution in [0.1, 0.15) is 50.4 Å². The lowest BCUT2D eigenvalue weighted by Gasteiger charge is -2.35. The van der Waals surface area contributed by atoms with Gasteiger partial charge in [0.15, 0.2) is 6.10 Å². The zero-order valence-electron chi connectivity index (χ0n) is 17.5. The molecule has 1 aromatic carbocycles. The first-order valence-corrected chi connectivity index (χ1v) is 11.2. The van der Waals surface area contributed by atoms with E-state index in [2.05, 4.69) is 19.2 Å². The number of nitrogens with one attached hydrogen (secondary N) is 1. The van der Waals surface area contributed by atoms with Crippen LogP contribution >= 0.6 is 0 Å². The highest BCUT2D eigenvalue weighted by Gasteiger charge is 2.30. The maximum absolute atomic E-state index is 12.5. The fourth-order valence-electron chi connectivity index (χ4n) is 3.40. The highest BCUT2D eigenvalue weighted by atomic mass is 32.2. The third kappa shape index (κ3) is 5.55. The fraction of sp³-hybridized carbons (Fsp3) is 0.600. The third-order valence-electron chi connectivity index (χ3n) is 5.65. The molecule has 1 aromatic rings. The largest absolute Gasteiger partial charge is 0.449 e. The Labute approximate surface area is 172 Å². The molecule has 0 aliphatic heterocycles. The predicted molar refractivity (Wildman–Crippen MR) is 107 cm³/mol. The molecule has 0 saturated heterocycles. The zero-order chi connectivity index (χ0) is 21.8. The van der Waals surface area contributed by atoms with E-state index >= 15 is 0 Å². The molecule has 0 bridgehead atoms. The van der Waals surface area contributed by atoms with Crippen molar-refractivity contribution in [1.82, 2.24) is 9.79 Å². The molecule has 0 unspecified atom stereocenters. The van der Waals surface area contributed by atoms with Gasteiger partial charge in [0.1, 0.15) is 0 Å². The van der Waals surface area contributed by atoms with Crippen LogP contribution in [-0.4, -0.2) is 51.1 Å². The summed E-state index contributed by atoms with van der Waals surface area (Å²) in [6, 6.07) is 5.48. The number of benzene rings is 1. The van der Waals surface area contributed by atoms with E-state index in [4.69, 9.17) is 9.57 Å². The molecule has 1 aliphatic carbocycles. The molecule has 1 amide bonds. The van der Waals surface area contributed by atoms with Gasteiger partial charge in [-0.2, -0.15) is 0 Å². The molecule has 2 rings (SSSR count). The normalized spacial score (nSPS) is 23.4. The molecule has 4 atom stereocenters. The van der Waals surface area contributed by atoms with E-state index in [9.17, 15) is 18.0 Å². The van der Waals surface area contributed by atoms with Gasteiger partial charge < -0.3 is 10.1 Å². The first-order valence-electron chi connectivity index (χ1n) is 9.72. The van der Waals surface area contributed by atoms with Gasteiger partial charge in [0, 0.05) is 13.1 Å². The van der Waals surface area contributed by atoms with Crippen molar-refractivity contribution in [2.45, 2.75) is 57.1 Å². The maximum atomic E-state index is 12.5. The number of amides is 1. The molecule has 1 aliphatic rings. The summed E-state index contributed by atoms with van der Waals surface area (Å²) < 4.78 is 30.6. The van der Waals surface area contributed by atoms with Gasteiger partial charge >= 0.3 is 5.97 Å². The van der Waals surface area contributed by atoms with Crippen LogP contribution in [-0.2, 0) is 24.4 Å². The van der Waals surface area contributed by atoms with Gasteiger partial charge in [-0.05, 0) is 43.4 Å². The summed E-state index contributed by atoms with van der Waals surface area (Å²) in [6.07, 6.45) is 2.12. The van der Waals surface area contributed by atoms with Gasteiger partial charge in [0.2, 0.25) is 0 Å². The lowest BCUT2D eigenvalue weighted by molar-refractivity contribution is -0.130. The lowest BCUT2D eigenvalue weighted by atomic mass is 9.78. The van der Waals surface area contributed by atoms with Crippen molar-refractivity contribution in [3.8, 4) is 0 Å². The standard InChI is InChI=1S/C20H30N2O6S/c1-13-8-6-11-18(14(13)2)21-19(23)15(3)28-20(24)16-9-7-10-17(12-16)29(25,26)22(4)27-5/h7,9-10,12-15,18H,6,8,11H2,1-5H3,(H,21,23)/t13-,14+,15+,18-/m0/s1. The van der Waals surface area contributed by atoms with Crippen LogP contribution in [0.3, 0.4) is 0 Å². The van der Waals surface area contributed by atoms with Crippen LogP contribution in [0.2, 0.25) is 0 Å². The first-order chi connectivity index (χ1) is 13.6. The Morgan fingerprint density at radius 1 is 1.24 bits per heavy atom. The molecule has 162 valence electrons. The summed E-state index contributed by atoms with van der Waals surface area (Å²) in [5, 5.41) is 2.98. The number of ether oxygens (including phenoxy) is 1. The van der Waals surface area contributed by atoms with E-state index in [1.165, 1.54) is 45.3 Å². The minimum absolute atomic E-state index is 0.0369. The van der Waals surface area contributed by atoms with Crippen molar-refractivity contribution in [3.63, 3.8) is 0 Å². The number of nitrogens with zero attached hydrogens (tertiary/aromatic N) is 1. The number of carbonyl (C=O) groups is 2. The molecule has 0 aromatic heterocycles. The Kier molecular flexibility index (Phi) is 7.79. The van der Waals surface area contributed by atoms with E-state index in [0.717, 1.165) is 19.3 Å². The zero-order valence-corrected chi connectivity index (χ0v) is 18.4. The molecule has 8 nitrogen and oxygen atoms in total. The second-order valence-corrected chi connectivity index (χ2v) is 9.49. The number of sulfonamides is 1. The van der Waals surface area contributed by atoms with E-state index in [-0.39, 0.29) is 22.4 Å². The quantitative estimate of drug-likeness (QED) is 0.530. The van der Waals surface area contributed by atoms with Gasteiger partial charge in [-0.15, -0.1) is 0 Å². The summed E-state index contributed by atoms with van der Waals surface area (Å²) in [5.41, 5.74) is 0.0369. The van der Waals surface area contributed by atoms with Crippen LogP contribution in [0, 0.1) is 11.8 Å². The summed E-state index contributed by atoms with van der Waals surface area (Å²) in [5.74, 6) is -0.237. The van der Waals surface area contributed by atoms with E-state index in [1.54, 1.807) is 0 Å². The number of carbonyl (C=O) groups excluding carboxylic acids is 2. The van der Waals surface area contributed by atoms with E-state index in [1.807, 2.05) is 0 Å². The van der Waals surface area contributed by atoms with Crippen molar-refractivity contribution in [2.24, 2.45) is 11.8 Å². The second kappa shape index (κ2) is 9.69. The molecular formula is C20H30N2O6S. The van der Waals surface area contributed by atoms with Gasteiger partial charge in [0.25, 0.3) is 15.9 Å². The Morgan fingerprint density at radius 2 is 1.93 bits per heavy atom. The molecule has 9 heteroatoms. The van der Waals surface area contributed by atoms with Crippen molar-refractivity contribution < 1.29 is 27.6 Å². The van der Waals surface area contributed by atoms with Crippen LogP contribution in [0.4, 0.5) is 0 Å². The topological polar surface area (TPSA) is 102 Å². The number of hydrogen-bond acceptors (Lipinski definition) is 6. The Balaban J connectivity index is 2.04. The monoisotopic (exact) mass is 426 g/mol. The molecule has 1 saturated carbocycles. The minimum Gasteiger partial charge on any atom is -0.449 e. The van der Waals surface area contributed by atoms with Gasteiger partial charge in [-0.1, -0.05) is 37.2 Å². The Bertz CT molecular complexity index is 841. The highest BCUT2D eigenvalue weighted by molar-refractivity contribution is 7.89. The van der Waals surface area contributed by atoms with Crippen molar-refractivity contribution in [2.75, 3.05) is 14.2 Å². The fourth-order valence-corrected chi connectivity index (χ4v) is 4.42. The highest BCUT2D eigenvalue weighted by Crippen LogP contribution is 2.29. The Hall–Kier alpha value is -1.97. The average molecular weight is 427 g/mol. The molecule has 29 heavy (non-hydrogen) atoms. The summed E-state index contributed by atoms with van der Waals surface area (Å²) >= 11 is 0. The minimum atomic E-state index is -3.90. The maximum Gasteiger partial charge on any atom is 0.338 e. The SMILES string of the molecule is CON(C)S(=O)(=O)c1cccc(C(=O)O[C@H](C)C(=O)N[C@H]2CCC[C@H](C)[C@H]2C)c1. The van der Waals surface area contributed by atoms with Crippen LogP contribution in [0.5, 0.6) is 0 Å². The van der Waals surface area contributed by atoms with E-state index in [0.29, 0.717) is 16.3 Å². The lowest BCUT2D eigenvalue weighted by Crippen LogP contribution is -2.47. The average Bonchev–Trinajstić information content (AvgIpc) is 2.70. The van der Waals surface area contributed by atoms with Crippen LogP contribution in [0.15, 0.2) is 29.2 Å². The molecular weight excluding hydrogens is 396 g/mol. The van der Waals surface area contributed by atoms with Crippen molar-refractivity contribution in [1.29, 1.82) is 0 Å². The van der Waals surface area contributed by atoms with Crippen LogP contribution in [0.25, 0.3) is 0 Å². The van der Waals surface area contributed by atoms with Gasteiger partial charge in [-0.3, -0.25) is 9.63 Å². The third-order valence-corrected chi connectivity index (χ3v) is 7.33. The Morgan fingerprint density at radius 3 is 2.59 bits per heavy atom. The summed E-state index contributed by atoms with van der Waals surface area (Å²) in [6.45, 7) is 5.80. The second-order valence-electron chi connectivity index (χ2n) is 7.56. The predicted octanol–water partition coefficient (Wildman–Crippen LogP) is 2.35.